The highest BCUT2D eigenvalue weighted by Gasteiger charge is 2.30. The molecule has 0 spiro atoms. The van der Waals surface area contributed by atoms with Crippen LogP contribution >= 0.6 is 0 Å². The van der Waals surface area contributed by atoms with E-state index in [2.05, 4.69) is 5.32 Å². The van der Waals surface area contributed by atoms with E-state index < -0.39 is 23.8 Å². The van der Waals surface area contributed by atoms with Crippen molar-refractivity contribution in [2.45, 2.75) is 33.1 Å². The Bertz CT molecular complexity index is 575. The molecule has 0 heterocycles. The number of carbonyl (C=O) groups is 3. The van der Waals surface area contributed by atoms with Crippen LogP contribution in [0.25, 0.3) is 0 Å². The predicted molar refractivity (Wildman–Crippen MR) is 93.8 cm³/mol. The van der Waals surface area contributed by atoms with E-state index in [-0.39, 0.29) is 18.9 Å². The molecule has 0 aliphatic rings. The van der Waals surface area contributed by atoms with Gasteiger partial charge < -0.3 is 5.32 Å². The molecule has 0 aliphatic carbocycles. The third kappa shape index (κ3) is 6.93. The Morgan fingerprint density at radius 3 is 2.32 bits per heavy atom. The first-order valence-corrected chi connectivity index (χ1v) is 8.39. The summed E-state index contributed by atoms with van der Waals surface area (Å²) in [5.41, 5.74) is 2.57. The van der Waals surface area contributed by atoms with Crippen molar-refractivity contribution >= 4 is 17.8 Å². The molecule has 4 amide bonds. The van der Waals surface area contributed by atoms with Crippen molar-refractivity contribution in [3.63, 3.8) is 0 Å². The van der Waals surface area contributed by atoms with Crippen LogP contribution in [0.5, 0.6) is 0 Å². The summed E-state index contributed by atoms with van der Waals surface area (Å²) in [4.78, 5) is 37.7. The summed E-state index contributed by atoms with van der Waals surface area (Å²) >= 11 is 0. The minimum Gasteiger partial charge on any atom is -0.341 e. The second-order valence-corrected chi connectivity index (χ2v) is 6.35. The summed E-state index contributed by atoms with van der Waals surface area (Å²) in [7, 11) is 1.46. The van der Waals surface area contributed by atoms with Crippen LogP contribution in [0.1, 0.15) is 32.3 Å². The van der Waals surface area contributed by atoms with Gasteiger partial charge in [0.1, 0.15) is 0 Å². The predicted octanol–water partition coefficient (Wildman–Crippen LogP) is 1.95. The number of rotatable bonds is 8. The molecular formula is C18H27N3O4. The quantitative estimate of drug-likeness (QED) is 0.493. The molecule has 0 saturated carbocycles. The van der Waals surface area contributed by atoms with Gasteiger partial charge in [0.05, 0.1) is 0 Å². The number of hydrogen-bond donors (Lipinski definition) is 3. The molecule has 25 heavy (non-hydrogen) atoms. The number of urea groups is 1. The summed E-state index contributed by atoms with van der Waals surface area (Å²) in [6, 6.07) is 9.05. The van der Waals surface area contributed by atoms with Crippen LogP contribution in [0.4, 0.5) is 4.79 Å². The molecule has 0 aromatic heterocycles. The van der Waals surface area contributed by atoms with Gasteiger partial charge in [-0.1, -0.05) is 44.2 Å². The van der Waals surface area contributed by atoms with Crippen LogP contribution < -0.4 is 10.8 Å². The third-order valence-corrected chi connectivity index (χ3v) is 3.85. The monoisotopic (exact) mass is 349 g/mol. The van der Waals surface area contributed by atoms with E-state index in [1.165, 1.54) is 7.05 Å². The van der Waals surface area contributed by atoms with E-state index in [4.69, 9.17) is 5.21 Å². The smallest absolute Gasteiger partial charge is 0.323 e. The van der Waals surface area contributed by atoms with E-state index in [0.717, 1.165) is 10.5 Å². The van der Waals surface area contributed by atoms with Crippen molar-refractivity contribution in [1.29, 1.82) is 0 Å². The van der Waals surface area contributed by atoms with E-state index >= 15 is 0 Å². The third-order valence-electron chi connectivity index (χ3n) is 3.85. The topological polar surface area (TPSA) is 98.7 Å². The molecule has 0 fully saturated rings. The zero-order chi connectivity index (χ0) is 18.8. The maximum absolute atomic E-state index is 12.9. The largest absolute Gasteiger partial charge is 0.341 e. The number of nitrogens with zero attached hydrogens (tertiary/aromatic N) is 1. The fourth-order valence-corrected chi connectivity index (χ4v) is 2.66. The van der Waals surface area contributed by atoms with E-state index in [0.29, 0.717) is 12.8 Å². The molecule has 3 N–H and O–H groups in total. The minimum absolute atomic E-state index is 0.160. The van der Waals surface area contributed by atoms with Gasteiger partial charge in [0, 0.05) is 25.9 Å². The Kier molecular flexibility index (Phi) is 8.63. The Morgan fingerprint density at radius 1 is 1.16 bits per heavy atom. The zero-order valence-corrected chi connectivity index (χ0v) is 15.0. The fourth-order valence-electron chi connectivity index (χ4n) is 2.66. The lowest BCUT2D eigenvalue weighted by Gasteiger charge is -2.26. The number of benzene rings is 1. The van der Waals surface area contributed by atoms with Crippen molar-refractivity contribution < 1.29 is 19.6 Å². The molecule has 138 valence electrons. The van der Waals surface area contributed by atoms with Crippen molar-refractivity contribution in [2.75, 3.05) is 13.6 Å². The Labute approximate surface area is 148 Å². The first-order chi connectivity index (χ1) is 11.9. The molecular weight excluding hydrogens is 322 g/mol. The van der Waals surface area contributed by atoms with Gasteiger partial charge in [-0.3, -0.25) is 19.7 Å². The maximum Gasteiger partial charge on any atom is 0.323 e. The second-order valence-electron chi connectivity index (χ2n) is 6.35. The summed E-state index contributed by atoms with van der Waals surface area (Å²) in [6.45, 7) is 4.09. The second kappa shape index (κ2) is 10.5. The molecule has 1 aromatic carbocycles. The number of nitrogens with one attached hydrogen (secondary N) is 2. The normalized spacial score (nSPS) is 11.7. The molecule has 7 heteroatoms. The molecule has 0 unspecified atom stereocenters. The van der Waals surface area contributed by atoms with Gasteiger partial charge in [0.25, 0.3) is 0 Å². The number of hydroxylamine groups is 1. The van der Waals surface area contributed by atoms with Crippen molar-refractivity contribution in [2.24, 2.45) is 11.8 Å². The van der Waals surface area contributed by atoms with Crippen LogP contribution in [-0.4, -0.2) is 41.5 Å². The SMILES string of the molecule is CNC(=O)N(CCc1ccccc1)C(=O)[C@@H](CC(=O)NO)CC(C)C. The lowest BCUT2D eigenvalue weighted by atomic mass is 9.92. The molecule has 0 radical (unpaired) electrons. The van der Waals surface area contributed by atoms with E-state index in [1.807, 2.05) is 44.2 Å². The molecule has 0 saturated heterocycles. The van der Waals surface area contributed by atoms with Crippen molar-refractivity contribution in [3.8, 4) is 0 Å². The molecule has 0 aliphatic heterocycles. The number of imide groups is 1. The van der Waals surface area contributed by atoms with Crippen LogP contribution in [-0.2, 0) is 16.0 Å². The van der Waals surface area contributed by atoms with Crippen LogP contribution in [0.15, 0.2) is 30.3 Å². The van der Waals surface area contributed by atoms with Gasteiger partial charge in [0.2, 0.25) is 11.8 Å². The standard InChI is InChI=1S/C18H27N3O4/c1-13(2)11-15(12-16(22)20-25)17(23)21(18(24)19-3)10-9-14-7-5-4-6-8-14/h4-8,13,15,25H,9-12H2,1-3H3,(H,19,24)(H,20,22)/t15-/m1/s1. The van der Waals surface area contributed by atoms with Gasteiger partial charge >= 0.3 is 6.03 Å². The first-order valence-electron chi connectivity index (χ1n) is 8.39. The molecule has 0 bridgehead atoms. The number of amides is 4. The average Bonchev–Trinajstić information content (AvgIpc) is 2.61. The number of hydrogen-bond acceptors (Lipinski definition) is 4. The molecule has 1 atom stereocenters. The van der Waals surface area contributed by atoms with E-state index in [1.54, 1.807) is 5.48 Å². The Morgan fingerprint density at radius 2 is 1.80 bits per heavy atom. The molecule has 1 aromatic rings. The summed E-state index contributed by atoms with van der Waals surface area (Å²) in [5, 5.41) is 11.2. The van der Waals surface area contributed by atoms with Crippen LogP contribution in [0.2, 0.25) is 0 Å². The van der Waals surface area contributed by atoms with Crippen molar-refractivity contribution in [3.05, 3.63) is 35.9 Å². The summed E-state index contributed by atoms with van der Waals surface area (Å²) in [6.07, 6.45) is 0.817. The van der Waals surface area contributed by atoms with Crippen molar-refractivity contribution in [1.82, 2.24) is 15.7 Å². The summed E-state index contributed by atoms with van der Waals surface area (Å²) < 4.78 is 0. The Balaban J connectivity index is 2.90. The van der Waals surface area contributed by atoms with Gasteiger partial charge in [-0.25, -0.2) is 10.3 Å². The highest BCUT2D eigenvalue weighted by atomic mass is 16.5. The highest BCUT2D eigenvalue weighted by molar-refractivity contribution is 5.97. The van der Waals surface area contributed by atoms with Gasteiger partial charge in [-0.15, -0.1) is 0 Å². The van der Waals surface area contributed by atoms with Gasteiger partial charge in [0.15, 0.2) is 0 Å². The summed E-state index contributed by atoms with van der Waals surface area (Å²) in [5.74, 6) is -1.55. The molecule has 1 rings (SSSR count). The number of carbonyl (C=O) groups excluding carboxylic acids is 3. The van der Waals surface area contributed by atoms with E-state index in [9.17, 15) is 14.4 Å². The maximum atomic E-state index is 12.9. The van der Waals surface area contributed by atoms with Crippen LogP contribution in [0, 0.1) is 11.8 Å². The van der Waals surface area contributed by atoms with Gasteiger partial charge in [-0.2, -0.15) is 0 Å². The zero-order valence-electron chi connectivity index (χ0n) is 15.0. The minimum atomic E-state index is -0.666. The fraction of sp³-hybridized carbons (Fsp3) is 0.500. The highest BCUT2D eigenvalue weighted by Crippen LogP contribution is 2.19. The average molecular weight is 349 g/mol. The Hall–Kier alpha value is -2.41. The molecule has 7 nitrogen and oxygen atoms in total. The van der Waals surface area contributed by atoms with Gasteiger partial charge in [-0.05, 0) is 24.3 Å². The first kappa shape index (κ1) is 20.6. The lowest BCUT2D eigenvalue weighted by molar-refractivity contribution is -0.139. The van der Waals surface area contributed by atoms with Crippen LogP contribution in [0.3, 0.4) is 0 Å². The lowest BCUT2D eigenvalue weighted by Crippen LogP contribution is -2.47.